The molecule has 1 amide bonds. The fraction of sp³-hybridized carbons (Fsp3) is 0.667. The number of aryl methyl sites for hydroxylation is 1. The minimum absolute atomic E-state index is 0.0654. The number of methoxy groups -OCH3 is 1. The highest BCUT2D eigenvalue weighted by atomic mass is 16.5. The van der Waals surface area contributed by atoms with Gasteiger partial charge < -0.3 is 15.4 Å². The van der Waals surface area contributed by atoms with Gasteiger partial charge in [0.25, 0.3) is 0 Å². The van der Waals surface area contributed by atoms with Gasteiger partial charge in [-0.25, -0.2) is 4.68 Å². The first-order valence-electron chi connectivity index (χ1n) is 6.17. The van der Waals surface area contributed by atoms with Crippen LogP contribution in [0.25, 0.3) is 0 Å². The lowest BCUT2D eigenvalue weighted by Crippen LogP contribution is -2.34. The van der Waals surface area contributed by atoms with Gasteiger partial charge in [0.2, 0.25) is 11.8 Å². The zero-order chi connectivity index (χ0) is 13.1. The van der Waals surface area contributed by atoms with E-state index in [0.717, 1.165) is 18.8 Å². The van der Waals surface area contributed by atoms with E-state index in [0.29, 0.717) is 18.3 Å². The molecule has 1 aliphatic heterocycles. The molecule has 2 atom stereocenters. The Morgan fingerprint density at radius 2 is 2.44 bits per heavy atom. The van der Waals surface area contributed by atoms with Crippen LogP contribution in [0.2, 0.25) is 0 Å². The molecule has 0 radical (unpaired) electrons. The lowest BCUT2D eigenvalue weighted by atomic mass is 9.97. The third kappa shape index (κ3) is 2.64. The van der Waals surface area contributed by atoms with Crippen molar-refractivity contribution < 1.29 is 9.53 Å². The maximum Gasteiger partial charge on any atom is 0.225 e. The van der Waals surface area contributed by atoms with Crippen molar-refractivity contribution in [3.05, 3.63) is 11.8 Å². The van der Waals surface area contributed by atoms with E-state index in [1.807, 2.05) is 13.1 Å². The Morgan fingerprint density at radius 3 is 3.00 bits per heavy atom. The molecular formula is C12H20N4O2. The molecule has 2 unspecified atom stereocenters. The Balaban J connectivity index is 1.88. The molecular weight excluding hydrogens is 232 g/mol. The number of hydrogen-bond acceptors (Lipinski definition) is 4. The largest absolute Gasteiger partial charge is 0.481 e. The zero-order valence-corrected chi connectivity index (χ0v) is 11.1. The summed E-state index contributed by atoms with van der Waals surface area (Å²) in [4.78, 5) is 12.0. The van der Waals surface area contributed by atoms with Crippen LogP contribution in [0.3, 0.4) is 0 Å². The zero-order valence-electron chi connectivity index (χ0n) is 11.1. The smallest absolute Gasteiger partial charge is 0.225 e. The number of nitrogens with zero attached hydrogens (tertiary/aromatic N) is 2. The number of rotatable bonds is 4. The maximum atomic E-state index is 12.0. The van der Waals surface area contributed by atoms with Crippen molar-refractivity contribution >= 4 is 5.91 Å². The predicted molar refractivity (Wildman–Crippen MR) is 67.1 cm³/mol. The second-order valence-corrected chi connectivity index (χ2v) is 4.76. The predicted octanol–water partition coefficient (Wildman–Crippen LogP) is -0.0996. The molecule has 1 fully saturated rings. The Hall–Kier alpha value is -1.56. The SMILES string of the molecule is COc1cc(CNC(=O)C2CNCC2C)nn1C. The van der Waals surface area contributed by atoms with Crippen LogP contribution in [0.1, 0.15) is 12.6 Å². The molecule has 0 bridgehead atoms. The van der Waals surface area contributed by atoms with E-state index >= 15 is 0 Å². The monoisotopic (exact) mass is 252 g/mol. The van der Waals surface area contributed by atoms with Crippen LogP contribution >= 0.6 is 0 Å². The van der Waals surface area contributed by atoms with E-state index in [1.54, 1.807) is 11.8 Å². The van der Waals surface area contributed by atoms with E-state index in [9.17, 15) is 4.79 Å². The minimum atomic E-state index is 0.0654. The summed E-state index contributed by atoms with van der Waals surface area (Å²) in [6, 6.07) is 1.83. The van der Waals surface area contributed by atoms with Gasteiger partial charge in [0.1, 0.15) is 0 Å². The summed E-state index contributed by atoms with van der Waals surface area (Å²) in [6.45, 7) is 4.21. The van der Waals surface area contributed by atoms with Crippen molar-refractivity contribution in [3.8, 4) is 5.88 Å². The second kappa shape index (κ2) is 5.39. The van der Waals surface area contributed by atoms with Crippen LogP contribution in [0.15, 0.2) is 6.07 Å². The molecule has 1 aromatic heterocycles. The van der Waals surface area contributed by atoms with Crippen molar-refractivity contribution in [3.63, 3.8) is 0 Å². The van der Waals surface area contributed by atoms with Crippen molar-refractivity contribution in [2.45, 2.75) is 13.5 Å². The van der Waals surface area contributed by atoms with Gasteiger partial charge in [0.05, 0.1) is 25.3 Å². The lowest BCUT2D eigenvalue weighted by Gasteiger charge is -2.13. The fourth-order valence-electron chi connectivity index (χ4n) is 2.25. The molecule has 2 rings (SSSR count). The van der Waals surface area contributed by atoms with E-state index in [-0.39, 0.29) is 11.8 Å². The second-order valence-electron chi connectivity index (χ2n) is 4.76. The first-order valence-corrected chi connectivity index (χ1v) is 6.17. The Kier molecular flexibility index (Phi) is 3.86. The average Bonchev–Trinajstić information content (AvgIpc) is 2.92. The number of ether oxygens (including phenoxy) is 1. The Morgan fingerprint density at radius 1 is 1.67 bits per heavy atom. The molecule has 0 spiro atoms. The molecule has 1 aromatic rings. The first kappa shape index (κ1) is 12.9. The summed E-state index contributed by atoms with van der Waals surface area (Å²) in [5.74, 6) is 1.24. The highest BCUT2D eigenvalue weighted by Gasteiger charge is 2.29. The number of hydrogen-bond donors (Lipinski definition) is 2. The quantitative estimate of drug-likeness (QED) is 0.785. The third-order valence-electron chi connectivity index (χ3n) is 3.39. The molecule has 18 heavy (non-hydrogen) atoms. The number of carbonyl (C=O) groups is 1. The number of aromatic nitrogens is 2. The summed E-state index contributed by atoms with van der Waals surface area (Å²) in [7, 11) is 3.42. The van der Waals surface area contributed by atoms with Gasteiger partial charge in [-0.05, 0) is 12.5 Å². The van der Waals surface area contributed by atoms with Gasteiger partial charge in [-0.3, -0.25) is 4.79 Å². The summed E-state index contributed by atoms with van der Waals surface area (Å²) >= 11 is 0. The normalized spacial score (nSPS) is 23.1. The molecule has 2 N–H and O–H groups in total. The van der Waals surface area contributed by atoms with Crippen LogP contribution < -0.4 is 15.4 Å². The summed E-state index contributed by atoms with van der Waals surface area (Å²) in [6.07, 6.45) is 0. The van der Waals surface area contributed by atoms with Crippen LogP contribution in [0.4, 0.5) is 0 Å². The van der Waals surface area contributed by atoms with Gasteiger partial charge in [0.15, 0.2) is 0 Å². The summed E-state index contributed by atoms with van der Waals surface area (Å²) < 4.78 is 6.78. The van der Waals surface area contributed by atoms with Crippen molar-refractivity contribution in [1.82, 2.24) is 20.4 Å². The topological polar surface area (TPSA) is 68.2 Å². The molecule has 0 saturated carbocycles. The third-order valence-corrected chi connectivity index (χ3v) is 3.39. The standard InChI is InChI=1S/C12H20N4O2/c1-8-5-13-7-10(8)12(17)14-6-9-4-11(18-3)16(2)15-9/h4,8,10,13H,5-7H2,1-3H3,(H,14,17). The molecule has 6 heteroatoms. The lowest BCUT2D eigenvalue weighted by molar-refractivity contribution is -0.125. The van der Waals surface area contributed by atoms with Crippen LogP contribution in [-0.4, -0.2) is 35.9 Å². The summed E-state index contributed by atoms with van der Waals surface area (Å²) in [5.41, 5.74) is 0.807. The van der Waals surface area contributed by atoms with E-state index in [4.69, 9.17) is 4.74 Å². The molecule has 6 nitrogen and oxygen atoms in total. The van der Waals surface area contributed by atoms with Crippen LogP contribution in [-0.2, 0) is 18.4 Å². The fourth-order valence-corrected chi connectivity index (χ4v) is 2.25. The average molecular weight is 252 g/mol. The molecule has 1 aliphatic rings. The molecule has 2 heterocycles. The maximum absolute atomic E-state index is 12.0. The van der Waals surface area contributed by atoms with Crippen molar-refractivity contribution in [2.75, 3.05) is 20.2 Å². The Bertz CT molecular complexity index is 430. The number of nitrogens with one attached hydrogen (secondary N) is 2. The first-order chi connectivity index (χ1) is 8.61. The van der Waals surface area contributed by atoms with Gasteiger partial charge in [-0.1, -0.05) is 6.92 Å². The van der Waals surface area contributed by atoms with Crippen molar-refractivity contribution in [1.29, 1.82) is 0 Å². The number of amides is 1. The summed E-state index contributed by atoms with van der Waals surface area (Å²) in [5, 5.41) is 10.4. The molecule has 100 valence electrons. The van der Waals surface area contributed by atoms with Crippen LogP contribution in [0.5, 0.6) is 5.88 Å². The van der Waals surface area contributed by atoms with Gasteiger partial charge in [-0.15, -0.1) is 0 Å². The van der Waals surface area contributed by atoms with Gasteiger partial charge >= 0.3 is 0 Å². The van der Waals surface area contributed by atoms with E-state index in [1.165, 1.54) is 0 Å². The Labute approximate surface area is 107 Å². The van der Waals surface area contributed by atoms with Gasteiger partial charge in [-0.2, -0.15) is 5.10 Å². The molecule has 0 aromatic carbocycles. The van der Waals surface area contributed by atoms with Gasteiger partial charge in [0, 0.05) is 19.7 Å². The molecule has 1 saturated heterocycles. The van der Waals surface area contributed by atoms with Crippen LogP contribution in [0, 0.1) is 11.8 Å². The van der Waals surface area contributed by atoms with Crippen molar-refractivity contribution in [2.24, 2.45) is 18.9 Å². The van der Waals surface area contributed by atoms with E-state index in [2.05, 4.69) is 22.7 Å². The highest BCUT2D eigenvalue weighted by Crippen LogP contribution is 2.16. The molecule has 0 aliphatic carbocycles. The van der Waals surface area contributed by atoms with E-state index < -0.39 is 0 Å². The highest BCUT2D eigenvalue weighted by molar-refractivity contribution is 5.79. The number of carbonyl (C=O) groups excluding carboxylic acids is 1. The minimum Gasteiger partial charge on any atom is -0.481 e.